The van der Waals surface area contributed by atoms with Crippen LogP contribution in [0.5, 0.6) is 34.5 Å². The molecule has 0 aliphatic rings. The maximum atomic E-state index is 14.4. The normalized spacial score (nSPS) is 11.5. The van der Waals surface area contributed by atoms with Crippen molar-refractivity contribution in [2.75, 3.05) is 0 Å². The molecule has 48 heavy (non-hydrogen) atoms. The Labute approximate surface area is 282 Å². The highest BCUT2D eigenvalue weighted by atomic mass is 31.2. The highest BCUT2D eigenvalue weighted by Gasteiger charge is 2.37. The molecule has 0 fully saturated rings. The van der Waals surface area contributed by atoms with Crippen molar-refractivity contribution in [1.29, 1.82) is 0 Å². The summed E-state index contributed by atoms with van der Waals surface area (Å²) in [6.45, 7) is 14.9. The lowest BCUT2D eigenvalue weighted by atomic mass is 10.1. The van der Waals surface area contributed by atoms with Crippen LogP contribution < -0.4 is 27.1 Å². The first kappa shape index (κ1) is 34.7. The molecule has 0 unspecified atom stereocenters. The Morgan fingerprint density at radius 2 is 0.500 bits per heavy atom. The third-order valence-electron chi connectivity index (χ3n) is 7.71. The van der Waals surface area contributed by atoms with Gasteiger partial charge in [0.15, 0.2) is 0 Å². The Balaban J connectivity index is 1.46. The zero-order chi connectivity index (χ0) is 34.6. The molecule has 250 valence electrons. The summed E-state index contributed by atoms with van der Waals surface area (Å²) in [6.07, 6.45) is 0. The van der Waals surface area contributed by atoms with Crippen molar-refractivity contribution in [3.05, 3.63) is 142 Å². The van der Waals surface area contributed by atoms with Crippen LogP contribution in [0.3, 0.4) is 0 Å². The lowest BCUT2D eigenvalue weighted by Gasteiger charge is -2.24. The van der Waals surface area contributed by atoms with Crippen molar-refractivity contribution < 1.29 is 36.3 Å². The molecule has 0 saturated heterocycles. The van der Waals surface area contributed by atoms with Gasteiger partial charge in [0.1, 0.15) is 34.5 Å². The van der Waals surface area contributed by atoms with E-state index in [1.54, 1.807) is 0 Å². The highest BCUT2D eigenvalue weighted by Crippen LogP contribution is 2.54. The molecule has 0 radical (unpaired) electrons. The smallest absolute Gasteiger partial charge is 0.386 e. The predicted molar refractivity (Wildman–Crippen MR) is 189 cm³/mol. The van der Waals surface area contributed by atoms with Gasteiger partial charge in [-0.15, -0.1) is 0 Å². The Morgan fingerprint density at radius 1 is 0.312 bits per heavy atom. The molecule has 0 saturated carbocycles. The average molecular weight is 687 g/mol. The molecule has 0 aromatic heterocycles. The van der Waals surface area contributed by atoms with Gasteiger partial charge < -0.3 is 27.1 Å². The fourth-order valence-electron chi connectivity index (χ4n) is 5.15. The van der Waals surface area contributed by atoms with E-state index in [1.807, 2.05) is 128 Å². The Kier molecular flexibility index (Phi) is 10.3. The van der Waals surface area contributed by atoms with Crippen molar-refractivity contribution in [3.8, 4) is 34.5 Å². The minimum atomic E-state index is -4.31. The van der Waals surface area contributed by atoms with Crippen LogP contribution in [-0.2, 0) is 9.13 Å². The van der Waals surface area contributed by atoms with Crippen LogP contribution in [0.25, 0.3) is 0 Å². The second-order valence-electron chi connectivity index (χ2n) is 11.8. The summed E-state index contributed by atoms with van der Waals surface area (Å²) >= 11 is 0. The average Bonchev–Trinajstić information content (AvgIpc) is 3.02. The van der Waals surface area contributed by atoms with Gasteiger partial charge in [0.25, 0.3) is 0 Å². The maximum Gasteiger partial charge on any atom is 0.647 e. The van der Waals surface area contributed by atoms with E-state index in [1.165, 1.54) is 24.3 Å². The largest absolute Gasteiger partial charge is 0.647 e. The summed E-state index contributed by atoms with van der Waals surface area (Å²) in [5.74, 6) is 1.95. The highest BCUT2D eigenvalue weighted by molar-refractivity contribution is 7.50. The number of phosphoric ester groups is 2. The lowest BCUT2D eigenvalue weighted by molar-refractivity contribution is 0.291. The van der Waals surface area contributed by atoms with Gasteiger partial charge >= 0.3 is 15.6 Å². The topological polar surface area (TPSA) is 89.5 Å². The number of benzene rings is 5. The van der Waals surface area contributed by atoms with Gasteiger partial charge in [-0.05, 0) is 124 Å². The lowest BCUT2D eigenvalue weighted by Crippen LogP contribution is -2.11. The monoisotopic (exact) mass is 686 g/mol. The van der Waals surface area contributed by atoms with Crippen molar-refractivity contribution >= 4 is 15.6 Å². The molecule has 0 bridgehead atoms. The Morgan fingerprint density at radius 3 is 0.688 bits per heavy atom. The molecule has 5 aromatic carbocycles. The van der Waals surface area contributed by atoms with Crippen LogP contribution in [-0.4, -0.2) is 0 Å². The van der Waals surface area contributed by atoms with E-state index in [9.17, 15) is 9.13 Å². The van der Waals surface area contributed by atoms with E-state index in [0.29, 0.717) is 23.0 Å². The third-order valence-corrected chi connectivity index (χ3v) is 10.2. The zero-order valence-electron chi connectivity index (χ0n) is 28.4. The summed E-state index contributed by atoms with van der Waals surface area (Å²) in [5.41, 5.74) is 6.19. The number of hydrogen-bond acceptors (Lipinski definition) is 8. The molecule has 0 aliphatic carbocycles. The van der Waals surface area contributed by atoms with Gasteiger partial charge in [-0.2, -0.15) is 9.13 Å². The van der Waals surface area contributed by atoms with E-state index in [2.05, 4.69) is 0 Å². The summed E-state index contributed by atoms with van der Waals surface area (Å²) < 4.78 is 65.0. The number of hydrogen-bond donors (Lipinski definition) is 0. The summed E-state index contributed by atoms with van der Waals surface area (Å²) in [6, 6.07) is 28.5. The first-order chi connectivity index (χ1) is 22.8. The van der Waals surface area contributed by atoms with E-state index >= 15 is 0 Å². The number of rotatable bonds is 12. The van der Waals surface area contributed by atoms with Gasteiger partial charge in [0.2, 0.25) is 0 Å². The Bertz CT molecular complexity index is 1700. The summed E-state index contributed by atoms with van der Waals surface area (Å²) in [7, 11) is -8.62. The fourth-order valence-corrected chi connectivity index (χ4v) is 8.18. The van der Waals surface area contributed by atoms with Crippen LogP contribution in [0.1, 0.15) is 44.5 Å². The first-order valence-corrected chi connectivity index (χ1v) is 18.4. The molecule has 0 spiro atoms. The molecule has 0 N–H and O–H groups in total. The number of phosphoric acid groups is 2. The molecule has 8 nitrogen and oxygen atoms in total. The van der Waals surface area contributed by atoms with Gasteiger partial charge in [-0.25, -0.2) is 0 Å². The molecular formula is C38H40O8P2. The quantitative estimate of drug-likeness (QED) is 0.120. The number of para-hydroxylation sites is 4. The zero-order valence-corrected chi connectivity index (χ0v) is 30.2. The molecule has 0 heterocycles. The second kappa shape index (κ2) is 14.2. The minimum absolute atomic E-state index is 0.171. The van der Waals surface area contributed by atoms with E-state index in [4.69, 9.17) is 27.1 Å². The van der Waals surface area contributed by atoms with Gasteiger partial charge in [-0.1, -0.05) is 72.8 Å². The summed E-state index contributed by atoms with van der Waals surface area (Å²) in [5, 5.41) is 0. The SMILES string of the molecule is Cc1cccc(C)c1OP(=O)(Oc1ccc(OP(=O)(Oc2c(C)cccc2C)Oc2c(C)cccc2C)cc1)Oc1c(C)cccc1C. The molecule has 5 aromatic rings. The van der Waals surface area contributed by atoms with E-state index in [-0.39, 0.29) is 11.5 Å². The van der Waals surface area contributed by atoms with Gasteiger partial charge in [-0.3, -0.25) is 0 Å². The van der Waals surface area contributed by atoms with Crippen molar-refractivity contribution in [1.82, 2.24) is 0 Å². The minimum Gasteiger partial charge on any atom is -0.386 e. The molecular weight excluding hydrogens is 646 g/mol. The molecule has 0 atom stereocenters. The van der Waals surface area contributed by atoms with Crippen molar-refractivity contribution in [3.63, 3.8) is 0 Å². The van der Waals surface area contributed by atoms with E-state index < -0.39 is 15.6 Å². The number of aryl methyl sites for hydroxylation is 8. The Hall–Kier alpha value is -4.64. The van der Waals surface area contributed by atoms with Crippen LogP contribution in [0.15, 0.2) is 97.1 Å². The van der Waals surface area contributed by atoms with E-state index in [0.717, 1.165) is 44.5 Å². The van der Waals surface area contributed by atoms with Crippen LogP contribution in [0.2, 0.25) is 0 Å². The molecule has 5 rings (SSSR count). The van der Waals surface area contributed by atoms with Crippen LogP contribution in [0, 0.1) is 55.4 Å². The third kappa shape index (κ3) is 8.07. The maximum absolute atomic E-state index is 14.4. The molecule has 0 aliphatic heterocycles. The van der Waals surface area contributed by atoms with Gasteiger partial charge in [0.05, 0.1) is 0 Å². The van der Waals surface area contributed by atoms with Crippen molar-refractivity contribution in [2.45, 2.75) is 55.4 Å². The predicted octanol–water partition coefficient (Wildman–Crippen LogP) is 11.4. The molecule has 0 amide bonds. The van der Waals surface area contributed by atoms with Crippen LogP contribution >= 0.6 is 15.6 Å². The molecule has 10 heteroatoms. The van der Waals surface area contributed by atoms with Crippen molar-refractivity contribution in [2.24, 2.45) is 0 Å². The van der Waals surface area contributed by atoms with Crippen LogP contribution in [0.4, 0.5) is 0 Å². The standard InChI is InChI=1S/C38H40O8P2/c1-25-13-9-14-26(2)35(25)43-47(39,44-36-27(3)15-10-16-28(36)4)41-33-21-23-34(24-22-33)42-48(40,45-37-29(5)17-11-18-30(37)6)46-38-31(7)19-12-20-32(38)8/h9-24H,1-8H3. The first-order valence-electron chi connectivity index (χ1n) is 15.5. The summed E-state index contributed by atoms with van der Waals surface area (Å²) in [4.78, 5) is 0. The van der Waals surface area contributed by atoms with Gasteiger partial charge in [0, 0.05) is 0 Å². The second-order valence-corrected chi connectivity index (χ2v) is 14.7. The fraction of sp³-hybridized carbons (Fsp3) is 0.211.